The molecule has 2 aromatic rings. The quantitative estimate of drug-likeness (QED) is 0.836. The third-order valence-corrected chi connectivity index (χ3v) is 5.96. The Morgan fingerprint density at radius 1 is 1.36 bits per heavy atom. The molecule has 22 heavy (non-hydrogen) atoms. The SMILES string of the molecule is CC1(C)[C@@H](Cn2nnc3c(Cl)nc(N)nc32)CC[C@@]1(C)CO. The predicted octanol–water partition coefficient (Wildman–Crippen LogP) is 1.89. The third kappa shape index (κ3) is 2.14. The minimum atomic E-state index is -0.0836. The fraction of sp³-hybridized carbons (Fsp3) is 0.714. The smallest absolute Gasteiger partial charge is 0.223 e. The zero-order chi connectivity index (χ0) is 16.1. The monoisotopic (exact) mass is 324 g/mol. The Morgan fingerprint density at radius 2 is 2.09 bits per heavy atom. The molecule has 2 heterocycles. The molecule has 1 saturated carbocycles. The van der Waals surface area contributed by atoms with E-state index in [1.54, 1.807) is 4.68 Å². The van der Waals surface area contributed by atoms with Gasteiger partial charge in [-0.2, -0.15) is 9.97 Å². The molecule has 0 amide bonds. The number of fused-ring (bicyclic) bond motifs is 1. The molecule has 2 aromatic heterocycles. The highest BCUT2D eigenvalue weighted by Crippen LogP contribution is 2.56. The van der Waals surface area contributed by atoms with Crippen molar-refractivity contribution in [3.05, 3.63) is 5.15 Å². The van der Waals surface area contributed by atoms with E-state index in [-0.39, 0.29) is 28.5 Å². The van der Waals surface area contributed by atoms with E-state index in [2.05, 4.69) is 41.1 Å². The maximum absolute atomic E-state index is 9.76. The molecule has 0 radical (unpaired) electrons. The van der Waals surface area contributed by atoms with Gasteiger partial charge >= 0.3 is 0 Å². The van der Waals surface area contributed by atoms with Crippen LogP contribution in [0.5, 0.6) is 0 Å². The van der Waals surface area contributed by atoms with Gasteiger partial charge in [0.25, 0.3) is 0 Å². The normalized spacial score (nSPS) is 27.6. The summed E-state index contributed by atoms with van der Waals surface area (Å²) in [6.45, 7) is 7.41. The summed E-state index contributed by atoms with van der Waals surface area (Å²) >= 11 is 6.04. The first kappa shape index (κ1) is 15.4. The zero-order valence-corrected chi connectivity index (χ0v) is 13.8. The molecule has 0 aliphatic heterocycles. The highest BCUT2D eigenvalue weighted by atomic mass is 35.5. The molecule has 1 aliphatic rings. The van der Waals surface area contributed by atoms with Gasteiger partial charge in [-0.3, -0.25) is 0 Å². The van der Waals surface area contributed by atoms with Gasteiger partial charge in [-0.05, 0) is 29.6 Å². The summed E-state index contributed by atoms with van der Waals surface area (Å²) in [5.74, 6) is 0.483. The lowest BCUT2D eigenvalue weighted by Crippen LogP contribution is -2.38. The second-order valence-electron chi connectivity index (χ2n) is 6.99. The first-order valence-electron chi connectivity index (χ1n) is 7.41. The lowest BCUT2D eigenvalue weighted by Gasteiger charge is -2.40. The summed E-state index contributed by atoms with van der Waals surface area (Å²) in [6, 6.07) is 0. The molecule has 120 valence electrons. The summed E-state index contributed by atoms with van der Waals surface area (Å²) in [4.78, 5) is 8.11. The first-order valence-corrected chi connectivity index (χ1v) is 7.79. The first-order chi connectivity index (χ1) is 10.3. The van der Waals surface area contributed by atoms with Crippen molar-refractivity contribution in [1.29, 1.82) is 0 Å². The predicted molar refractivity (Wildman–Crippen MR) is 84.2 cm³/mol. The van der Waals surface area contributed by atoms with Gasteiger partial charge < -0.3 is 10.8 Å². The van der Waals surface area contributed by atoms with E-state index in [1.165, 1.54) is 0 Å². The average molecular weight is 325 g/mol. The van der Waals surface area contributed by atoms with Crippen molar-refractivity contribution in [3.8, 4) is 0 Å². The van der Waals surface area contributed by atoms with Crippen LogP contribution in [-0.4, -0.2) is 36.7 Å². The van der Waals surface area contributed by atoms with Gasteiger partial charge in [-0.25, -0.2) is 4.68 Å². The molecule has 1 fully saturated rings. The van der Waals surface area contributed by atoms with Crippen molar-refractivity contribution in [1.82, 2.24) is 25.0 Å². The standard InChI is InChI=1S/C14H21ClN6O/c1-13(2)8(4-5-14(13,3)7-22)6-21-11-9(19-20-21)10(15)17-12(16)18-11/h8,22H,4-7H2,1-3H3,(H2,16,17,18)/t8-,14+/m1/s1. The van der Waals surface area contributed by atoms with Crippen LogP contribution in [0.25, 0.3) is 11.2 Å². The molecule has 0 bridgehead atoms. The summed E-state index contributed by atoms with van der Waals surface area (Å²) in [6.07, 6.45) is 2.02. The molecular formula is C14H21ClN6O. The van der Waals surface area contributed by atoms with Crippen LogP contribution in [0.2, 0.25) is 5.15 Å². The van der Waals surface area contributed by atoms with Crippen LogP contribution in [0.3, 0.4) is 0 Å². The Hall–Kier alpha value is -1.47. The number of aliphatic hydroxyl groups is 1. The second kappa shape index (κ2) is 5.03. The topological polar surface area (TPSA) is 103 Å². The van der Waals surface area contributed by atoms with E-state index >= 15 is 0 Å². The number of aliphatic hydroxyl groups excluding tert-OH is 1. The minimum absolute atomic E-state index is 0.0115. The molecule has 3 rings (SSSR count). The van der Waals surface area contributed by atoms with Crippen LogP contribution in [0.1, 0.15) is 33.6 Å². The van der Waals surface area contributed by atoms with Gasteiger partial charge in [0.2, 0.25) is 5.95 Å². The summed E-state index contributed by atoms with van der Waals surface area (Å²) in [5, 5.41) is 18.2. The maximum atomic E-state index is 9.76. The van der Waals surface area contributed by atoms with Crippen molar-refractivity contribution >= 4 is 28.7 Å². The molecule has 3 N–H and O–H groups in total. The summed E-state index contributed by atoms with van der Waals surface area (Å²) in [7, 11) is 0. The number of nitrogen functional groups attached to an aromatic ring is 1. The lowest BCUT2D eigenvalue weighted by atomic mass is 9.66. The Bertz CT molecular complexity index is 715. The van der Waals surface area contributed by atoms with E-state index in [0.29, 0.717) is 23.6 Å². The van der Waals surface area contributed by atoms with Crippen LogP contribution in [-0.2, 0) is 6.54 Å². The summed E-state index contributed by atoms with van der Waals surface area (Å²) < 4.78 is 1.74. The molecule has 8 heteroatoms. The zero-order valence-electron chi connectivity index (χ0n) is 13.0. The van der Waals surface area contributed by atoms with E-state index in [9.17, 15) is 5.11 Å². The number of halogens is 1. The van der Waals surface area contributed by atoms with Crippen LogP contribution < -0.4 is 5.73 Å². The number of hydrogen-bond acceptors (Lipinski definition) is 6. The number of aromatic nitrogens is 5. The number of anilines is 1. The Kier molecular flexibility index (Phi) is 3.52. The highest BCUT2D eigenvalue weighted by Gasteiger charge is 2.51. The molecule has 0 aromatic carbocycles. The Labute approximate surface area is 133 Å². The van der Waals surface area contributed by atoms with Crippen LogP contribution in [0.4, 0.5) is 5.95 Å². The van der Waals surface area contributed by atoms with Gasteiger partial charge in [0, 0.05) is 13.2 Å². The number of hydrogen-bond donors (Lipinski definition) is 2. The van der Waals surface area contributed by atoms with Crippen LogP contribution in [0.15, 0.2) is 0 Å². The number of nitrogens with two attached hydrogens (primary N) is 1. The summed E-state index contributed by atoms with van der Waals surface area (Å²) in [5.41, 5.74) is 6.61. The molecule has 1 aliphatic carbocycles. The molecule has 2 atom stereocenters. The van der Waals surface area contributed by atoms with E-state index in [1.807, 2.05) is 0 Å². The molecule has 0 unspecified atom stereocenters. The Balaban J connectivity index is 1.95. The lowest BCUT2D eigenvalue weighted by molar-refractivity contribution is 0.0209. The fourth-order valence-corrected chi connectivity index (χ4v) is 3.65. The minimum Gasteiger partial charge on any atom is -0.396 e. The van der Waals surface area contributed by atoms with Crippen molar-refractivity contribution in [2.24, 2.45) is 16.7 Å². The van der Waals surface area contributed by atoms with Crippen LogP contribution in [0, 0.1) is 16.7 Å². The highest BCUT2D eigenvalue weighted by molar-refractivity contribution is 6.33. The van der Waals surface area contributed by atoms with E-state index in [4.69, 9.17) is 17.3 Å². The van der Waals surface area contributed by atoms with E-state index < -0.39 is 0 Å². The van der Waals surface area contributed by atoms with Crippen molar-refractivity contribution in [3.63, 3.8) is 0 Å². The van der Waals surface area contributed by atoms with Crippen molar-refractivity contribution < 1.29 is 5.11 Å². The fourth-order valence-electron chi connectivity index (χ4n) is 3.44. The number of rotatable bonds is 3. The Morgan fingerprint density at radius 3 is 2.73 bits per heavy atom. The molecule has 0 spiro atoms. The third-order valence-electron chi connectivity index (χ3n) is 5.70. The van der Waals surface area contributed by atoms with E-state index in [0.717, 1.165) is 12.8 Å². The van der Waals surface area contributed by atoms with Crippen molar-refractivity contribution in [2.75, 3.05) is 12.3 Å². The van der Waals surface area contributed by atoms with Gasteiger partial charge in [0.1, 0.15) is 0 Å². The molecule has 0 saturated heterocycles. The molecular weight excluding hydrogens is 304 g/mol. The maximum Gasteiger partial charge on any atom is 0.223 e. The van der Waals surface area contributed by atoms with Crippen LogP contribution >= 0.6 is 11.6 Å². The largest absolute Gasteiger partial charge is 0.396 e. The van der Waals surface area contributed by atoms with Gasteiger partial charge in [-0.15, -0.1) is 5.10 Å². The number of nitrogens with zero attached hydrogens (tertiary/aromatic N) is 5. The average Bonchev–Trinajstić information content (AvgIpc) is 2.94. The van der Waals surface area contributed by atoms with Gasteiger partial charge in [0.05, 0.1) is 0 Å². The second-order valence-corrected chi connectivity index (χ2v) is 7.35. The van der Waals surface area contributed by atoms with Gasteiger partial charge in [-0.1, -0.05) is 37.6 Å². The van der Waals surface area contributed by atoms with Crippen molar-refractivity contribution in [2.45, 2.75) is 40.2 Å². The van der Waals surface area contributed by atoms with Gasteiger partial charge in [0.15, 0.2) is 16.3 Å². The molecule has 7 nitrogen and oxygen atoms in total.